The Kier molecular flexibility index (Phi) is 5.18. The lowest BCUT2D eigenvalue weighted by Crippen LogP contribution is -2.27. The number of benzene rings is 2. The van der Waals surface area contributed by atoms with Crippen LogP contribution in [0, 0.1) is 24.0 Å². The highest BCUT2D eigenvalue weighted by molar-refractivity contribution is 5.95. The van der Waals surface area contributed by atoms with Gasteiger partial charge in [-0.2, -0.15) is 0 Å². The zero-order chi connectivity index (χ0) is 17.9. The standard InChI is InChI=1S/C18H20N2O4/c1-11-5-8-17(24-4)15(9-11)13(3)19-18(21)14-6-7-16(20(22)23)12(2)10-14/h5-10,13H,1-4H3,(H,19,21)/t13-/m0/s1. The van der Waals surface area contributed by atoms with Crippen molar-refractivity contribution in [2.24, 2.45) is 0 Å². The first kappa shape index (κ1) is 17.5. The maximum absolute atomic E-state index is 12.4. The molecule has 0 spiro atoms. The monoisotopic (exact) mass is 328 g/mol. The van der Waals surface area contributed by atoms with E-state index in [0.29, 0.717) is 16.9 Å². The molecule has 0 heterocycles. The molecule has 6 heteroatoms. The molecule has 0 aliphatic heterocycles. The lowest BCUT2D eigenvalue weighted by molar-refractivity contribution is -0.385. The van der Waals surface area contributed by atoms with E-state index in [2.05, 4.69) is 5.32 Å². The van der Waals surface area contributed by atoms with E-state index >= 15 is 0 Å². The van der Waals surface area contributed by atoms with Gasteiger partial charge in [0.1, 0.15) is 5.75 Å². The topological polar surface area (TPSA) is 81.5 Å². The van der Waals surface area contributed by atoms with E-state index < -0.39 is 4.92 Å². The van der Waals surface area contributed by atoms with Crippen LogP contribution >= 0.6 is 0 Å². The second kappa shape index (κ2) is 7.12. The van der Waals surface area contributed by atoms with Crippen LogP contribution in [0.15, 0.2) is 36.4 Å². The minimum absolute atomic E-state index is 0.0000446. The second-order valence-corrected chi connectivity index (χ2v) is 5.70. The summed E-state index contributed by atoms with van der Waals surface area (Å²) in [5.41, 5.74) is 2.78. The van der Waals surface area contributed by atoms with Gasteiger partial charge in [0.05, 0.1) is 18.1 Å². The van der Waals surface area contributed by atoms with Crippen LogP contribution in [-0.4, -0.2) is 17.9 Å². The van der Waals surface area contributed by atoms with Gasteiger partial charge in [0.25, 0.3) is 11.6 Å². The molecule has 2 rings (SSSR count). The largest absolute Gasteiger partial charge is 0.496 e. The van der Waals surface area contributed by atoms with Gasteiger partial charge in [-0.15, -0.1) is 0 Å². The smallest absolute Gasteiger partial charge is 0.272 e. The van der Waals surface area contributed by atoms with E-state index in [-0.39, 0.29) is 17.6 Å². The number of nitrogens with zero attached hydrogens (tertiary/aromatic N) is 1. The summed E-state index contributed by atoms with van der Waals surface area (Å²) >= 11 is 0. The number of ether oxygens (including phenoxy) is 1. The molecule has 0 aliphatic carbocycles. The highest BCUT2D eigenvalue weighted by Gasteiger charge is 2.17. The predicted molar refractivity (Wildman–Crippen MR) is 91.4 cm³/mol. The molecule has 0 unspecified atom stereocenters. The third-order valence-corrected chi connectivity index (χ3v) is 3.85. The average Bonchev–Trinajstić information content (AvgIpc) is 2.54. The van der Waals surface area contributed by atoms with Crippen molar-refractivity contribution in [3.8, 4) is 5.75 Å². The van der Waals surface area contributed by atoms with Gasteiger partial charge in [0, 0.05) is 22.8 Å². The first-order chi connectivity index (χ1) is 11.3. The Morgan fingerprint density at radius 3 is 2.50 bits per heavy atom. The van der Waals surface area contributed by atoms with E-state index in [4.69, 9.17) is 4.74 Å². The third-order valence-electron chi connectivity index (χ3n) is 3.85. The van der Waals surface area contributed by atoms with Crippen molar-refractivity contribution in [1.29, 1.82) is 0 Å². The van der Waals surface area contributed by atoms with E-state index in [1.165, 1.54) is 18.2 Å². The minimum Gasteiger partial charge on any atom is -0.496 e. The van der Waals surface area contributed by atoms with Crippen molar-refractivity contribution in [2.75, 3.05) is 7.11 Å². The Morgan fingerprint density at radius 2 is 1.92 bits per heavy atom. The van der Waals surface area contributed by atoms with Crippen molar-refractivity contribution in [1.82, 2.24) is 5.32 Å². The molecule has 0 bridgehead atoms. The predicted octanol–water partition coefficient (Wildman–Crippen LogP) is 3.71. The molecule has 6 nitrogen and oxygen atoms in total. The molecule has 0 aromatic heterocycles. The Balaban J connectivity index is 2.22. The molecule has 0 aliphatic rings. The van der Waals surface area contributed by atoms with Crippen molar-refractivity contribution in [2.45, 2.75) is 26.8 Å². The van der Waals surface area contributed by atoms with Crippen molar-refractivity contribution >= 4 is 11.6 Å². The Bertz CT molecular complexity index is 787. The van der Waals surface area contributed by atoms with E-state index in [1.54, 1.807) is 14.0 Å². The van der Waals surface area contributed by atoms with Crippen LogP contribution in [0.2, 0.25) is 0 Å². The first-order valence-electron chi connectivity index (χ1n) is 7.54. The SMILES string of the molecule is COc1ccc(C)cc1[C@H](C)NC(=O)c1ccc([N+](=O)[O-])c(C)c1. The highest BCUT2D eigenvalue weighted by atomic mass is 16.6. The Labute approximate surface area is 140 Å². The Morgan fingerprint density at radius 1 is 1.21 bits per heavy atom. The molecule has 2 aromatic carbocycles. The fourth-order valence-electron chi connectivity index (χ4n) is 2.55. The molecule has 24 heavy (non-hydrogen) atoms. The molecule has 1 atom stereocenters. The number of rotatable bonds is 5. The summed E-state index contributed by atoms with van der Waals surface area (Å²) in [6.07, 6.45) is 0. The van der Waals surface area contributed by atoms with Crippen LogP contribution in [0.25, 0.3) is 0 Å². The number of carbonyl (C=O) groups is 1. The van der Waals surface area contributed by atoms with Crippen LogP contribution in [0.4, 0.5) is 5.69 Å². The average molecular weight is 328 g/mol. The van der Waals surface area contributed by atoms with Gasteiger partial charge < -0.3 is 10.1 Å². The van der Waals surface area contributed by atoms with Gasteiger partial charge in [0.2, 0.25) is 0 Å². The number of aryl methyl sites for hydroxylation is 2. The van der Waals surface area contributed by atoms with Crippen LogP contribution < -0.4 is 10.1 Å². The van der Waals surface area contributed by atoms with Gasteiger partial charge in [-0.3, -0.25) is 14.9 Å². The number of nitro benzene ring substituents is 1. The van der Waals surface area contributed by atoms with Gasteiger partial charge in [0.15, 0.2) is 0 Å². The number of hydrogen-bond donors (Lipinski definition) is 1. The summed E-state index contributed by atoms with van der Waals surface area (Å²) in [6, 6.07) is 9.84. The zero-order valence-electron chi connectivity index (χ0n) is 14.1. The number of nitrogens with one attached hydrogen (secondary N) is 1. The van der Waals surface area contributed by atoms with Gasteiger partial charge in [-0.1, -0.05) is 17.7 Å². The normalized spacial score (nSPS) is 11.7. The Hall–Kier alpha value is -2.89. The van der Waals surface area contributed by atoms with Crippen LogP contribution in [0.1, 0.15) is 40.0 Å². The third kappa shape index (κ3) is 3.71. The summed E-state index contributed by atoms with van der Waals surface area (Å²) in [4.78, 5) is 22.8. The summed E-state index contributed by atoms with van der Waals surface area (Å²) in [5.74, 6) is 0.414. The van der Waals surface area contributed by atoms with Crippen LogP contribution in [-0.2, 0) is 0 Å². The van der Waals surface area contributed by atoms with Gasteiger partial charge in [-0.25, -0.2) is 0 Å². The number of nitro groups is 1. The van der Waals surface area contributed by atoms with Crippen LogP contribution in [0.5, 0.6) is 5.75 Å². The van der Waals surface area contributed by atoms with Crippen LogP contribution in [0.3, 0.4) is 0 Å². The molecule has 1 N–H and O–H groups in total. The number of hydrogen-bond acceptors (Lipinski definition) is 4. The summed E-state index contributed by atoms with van der Waals surface area (Å²) < 4.78 is 5.34. The summed E-state index contributed by atoms with van der Waals surface area (Å²) in [5, 5.41) is 13.8. The molecule has 0 saturated carbocycles. The zero-order valence-corrected chi connectivity index (χ0v) is 14.1. The van der Waals surface area contributed by atoms with Gasteiger partial charge >= 0.3 is 0 Å². The fourth-order valence-corrected chi connectivity index (χ4v) is 2.55. The molecule has 2 aromatic rings. The molecule has 1 amide bonds. The van der Waals surface area contributed by atoms with Crippen molar-refractivity contribution in [3.05, 3.63) is 68.8 Å². The van der Waals surface area contributed by atoms with E-state index in [9.17, 15) is 14.9 Å². The first-order valence-corrected chi connectivity index (χ1v) is 7.54. The molecule has 0 radical (unpaired) electrons. The maximum Gasteiger partial charge on any atom is 0.272 e. The molecule has 126 valence electrons. The molecule has 0 fully saturated rings. The fraction of sp³-hybridized carbons (Fsp3) is 0.278. The van der Waals surface area contributed by atoms with E-state index in [1.807, 2.05) is 32.0 Å². The number of methoxy groups -OCH3 is 1. The molecular weight excluding hydrogens is 308 g/mol. The van der Waals surface area contributed by atoms with Crippen molar-refractivity contribution in [3.63, 3.8) is 0 Å². The quantitative estimate of drug-likeness (QED) is 0.670. The van der Waals surface area contributed by atoms with Gasteiger partial charge in [-0.05, 0) is 39.0 Å². The van der Waals surface area contributed by atoms with E-state index in [0.717, 1.165) is 11.1 Å². The summed E-state index contributed by atoms with van der Waals surface area (Å²) in [6.45, 7) is 5.45. The minimum atomic E-state index is -0.461. The maximum atomic E-state index is 12.4. The molecular formula is C18H20N2O4. The summed E-state index contributed by atoms with van der Waals surface area (Å²) in [7, 11) is 1.59. The molecule has 0 saturated heterocycles. The number of carbonyl (C=O) groups excluding carboxylic acids is 1. The van der Waals surface area contributed by atoms with Crippen molar-refractivity contribution < 1.29 is 14.5 Å². The number of amides is 1. The highest BCUT2D eigenvalue weighted by Crippen LogP contribution is 2.26. The lowest BCUT2D eigenvalue weighted by Gasteiger charge is -2.18. The lowest BCUT2D eigenvalue weighted by atomic mass is 10.0. The second-order valence-electron chi connectivity index (χ2n) is 5.70.